The maximum atomic E-state index is 13.2. The number of rotatable bonds is 4. The number of alkyl halides is 6. The van der Waals surface area contributed by atoms with Crippen LogP contribution in [0.1, 0.15) is 17.5 Å². The van der Waals surface area contributed by atoms with Gasteiger partial charge in [0.1, 0.15) is 11.9 Å². The van der Waals surface area contributed by atoms with E-state index < -0.39 is 68.4 Å². The van der Waals surface area contributed by atoms with Crippen LogP contribution in [0.25, 0.3) is 0 Å². The van der Waals surface area contributed by atoms with Crippen LogP contribution in [0, 0.1) is 5.82 Å². The fraction of sp³-hybridized carbons (Fsp3) is 0.316. The third-order valence-electron chi connectivity index (χ3n) is 5.18. The molecule has 0 saturated heterocycles. The number of carboxylic acids is 1. The number of hydrogen-bond acceptors (Lipinski definition) is 4. The largest absolute Gasteiger partial charge is 0.480 e. The van der Waals surface area contributed by atoms with Crippen LogP contribution in [0.2, 0.25) is 0 Å². The predicted molar refractivity (Wildman–Crippen MR) is 98.3 cm³/mol. The fourth-order valence-electron chi connectivity index (χ4n) is 3.53. The molecule has 2 N–H and O–H groups in total. The number of carboxylic acid groups (broad SMARTS) is 1. The Kier molecular flexibility index (Phi) is 5.90. The highest BCUT2D eigenvalue weighted by molar-refractivity contribution is 7.93. The van der Waals surface area contributed by atoms with Crippen molar-refractivity contribution in [3.05, 3.63) is 59.4 Å². The van der Waals surface area contributed by atoms with E-state index >= 15 is 0 Å². The van der Waals surface area contributed by atoms with Crippen molar-refractivity contribution in [1.29, 1.82) is 0 Å². The van der Waals surface area contributed by atoms with Gasteiger partial charge in [-0.3, -0.25) is 4.31 Å². The van der Waals surface area contributed by atoms with Crippen molar-refractivity contribution in [2.45, 2.75) is 41.7 Å². The second kappa shape index (κ2) is 7.87. The lowest BCUT2D eigenvalue weighted by atomic mass is 9.88. The number of hydrogen-bond donors (Lipinski definition) is 2. The van der Waals surface area contributed by atoms with Crippen molar-refractivity contribution in [2.24, 2.45) is 0 Å². The lowest BCUT2D eigenvalue weighted by Crippen LogP contribution is -2.54. The first kappa shape index (κ1) is 24.8. The molecule has 0 aliphatic carbocycles. The van der Waals surface area contributed by atoms with Crippen molar-refractivity contribution >= 4 is 21.7 Å². The van der Waals surface area contributed by atoms with E-state index in [0.717, 1.165) is 24.3 Å². The third-order valence-corrected chi connectivity index (χ3v) is 7.02. The van der Waals surface area contributed by atoms with Crippen LogP contribution in [-0.2, 0) is 26.8 Å². The number of anilines is 1. The number of carbonyl (C=O) groups is 1. The maximum Gasteiger partial charge on any atom is 0.430 e. The van der Waals surface area contributed by atoms with Gasteiger partial charge in [0.05, 0.1) is 10.6 Å². The summed E-state index contributed by atoms with van der Waals surface area (Å²) in [5.74, 6) is -2.41. The van der Waals surface area contributed by atoms with E-state index in [1.807, 2.05) is 0 Å². The molecule has 180 valence electrons. The van der Waals surface area contributed by atoms with E-state index in [-0.39, 0.29) is 18.1 Å². The monoisotopic (exact) mass is 501 g/mol. The van der Waals surface area contributed by atoms with Gasteiger partial charge in [-0.1, -0.05) is 12.1 Å². The van der Waals surface area contributed by atoms with Gasteiger partial charge in [0.2, 0.25) is 0 Å². The van der Waals surface area contributed by atoms with E-state index in [4.69, 9.17) is 0 Å². The van der Waals surface area contributed by atoms with Crippen molar-refractivity contribution in [1.82, 2.24) is 0 Å². The zero-order valence-electron chi connectivity index (χ0n) is 16.2. The molecule has 0 spiro atoms. The van der Waals surface area contributed by atoms with Crippen LogP contribution in [-0.4, -0.2) is 43.0 Å². The minimum atomic E-state index is -6.16. The molecule has 1 aliphatic heterocycles. The van der Waals surface area contributed by atoms with Crippen LogP contribution in [0.5, 0.6) is 0 Å². The molecule has 2 aromatic carbocycles. The van der Waals surface area contributed by atoms with Gasteiger partial charge >= 0.3 is 18.3 Å². The molecule has 14 heteroatoms. The van der Waals surface area contributed by atoms with Crippen LogP contribution >= 0.6 is 0 Å². The van der Waals surface area contributed by atoms with E-state index in [2.05, 4.69) is 0 Å². The second-order valence-corrected chi connectivity index (χ2v) is 9.01. The molecule has 3 rings (SSSR count). The van der Waals surface area contributed by atoms with Gasteiger partial charge < -0.3 is 10.2 Å². The van der Waals surface area contributed by atoms with Crippen LogP contribution < -0.4 is 4.31 Å². The molecule has 6 nitrogen and oxygen atoms in total. The summed E-state index contributed by atoms with van der Waals surface area (Å²) < 4.78 is 119. The number of benzene rings is 2. The molecule has 0 saturated carbocycles. The normalized spacial score (nSPS) is 17.6. The van der Waals surface area contributed by atoms with Crippen LogP contribution in [0.4, 0.5) is 36.4 Å². The molecule has 1 aliphatic rings. The predicted octanol–water partition coefficient (Wildman–Crippen LogP) is 3.73. The maximum absolute atomic E-state index is 13.2. The van der Waals surface area contributed by atoms with E-state index in [1.165, 1.54) is 0 Å². The Bertz CT molecular complexity index is 1160. The number of aryl methyl sites for hydroxylation is 1. The number of aliphatic carboxylic acids is 1. The first-order valence-electron chi connectivity index (χ1n) is 9.04. The smallest absolute Gasteiger partial charge is 0.430 e. The summed E-state index contributed by atoms with van der Waals surface area (Å²) in [7, 11) is -4.71. The van der Waals surface area contributed by atoms with Gasteiger partial charge in [-0.25, -0.2) is 17.6 Å². The molecular weight excluding hydrogens is 487 g/mol. The zero-order valence-corrected chi connectivity index (χ0v) is 17.0. The first-order valence-corrected chi connectivity index (χ1v) is 10.5. The Morgan fingerprint density at radius 1 is 0.970 bits per heavy atom. The number of fused-ring (bicyclic) bond motifs is 1. The molecule has 0 bridgehead atoms. The molecular formula is C19H14F7NO5S. The van der Waals surface area contributed by atoms with Gasteiger partial charge in [-0.2, -0.15) is 26.3 Å². The van der Waals surface area contributed by atoms with E-state index in [1.54, 1.807) is 0 Å². The Morgan fingerprint density at radius 3 is 2.00 bits per heavy atom. The van der Waals surface area contributed by atoms with E-state index in [0.29, 0.717) is 16.4 Å². The topological polar surface area (TPSA) is 94.9 Å². The zero-order chi connectivity index (χ0) is 25.0. The molecule has 0 fully saturated rings. The summed E-state index contributed by atoms with van der Waals surface area (Å²) >= 11 is 0. The van der Waals surface area contributed by atoms with Gasteiger partial charge in [0.25, 0.3) is 15.6 Å². The summed E-state index contributed by atoms with van der Waals surface area (Å²) in [6.45, 7) is 0. The Labute approximate surface area is 181 Å². The fourth-order valence-corrected chi connectivity index (χ4v) is 5.21. The van der Waals surface area contributed by atoms with Crippen molar-refractivity contribution in [3.8, 4) is 0 Å². The highest BCUT2D eigenvalue weighted by atomic mass is 32.2. The van der Waals surface area contributed by atoms with Gasteiger partial charge in [0, 0.05) is 5.56 Å². The number of nitrogens with zero attached hydrogens (tertiary/aromatic N) is 1. The minimum Gasteiger partial charge on any atom is -0.480 e. The van der Waals surface area contributed by atoms with Crippen molar-refractivity contribution < 1.29 is 54.2 Å². The summed E-state index contributed by atoms with van der Waals surface area (Å²) in [6, 6.07) is 2.65. The molecule has 1 heterocycles. The number of aliphatic hydroxyl groups is 1. The van der Waals surface area contributed by atoms with E-state index in [9.17, 15) is 54.2 Å². The SMILES string of the molecule is O=C(O)C1CCc2cc(C(O)(C(F)(F)F)C(F)(F)F)ccc2N1S(=O)(=O)c1ccc(F)cc1. The van der Waals surface area contributed by atoms with Crippen molar-refractivity contribution in [2.75, 3.05) is 4.31 Å². The van der Waals surface area contributed by atoms with Crippen LogP contribution in [0.3, 0.4) is 0 Å². The van der Waals surface area contributed by atoms with Crippen molar-refractivity contribution in [3.63, 3.8) is 0 Å². The number of sulfonamides is 1. The lowest BCUT2D eigenvalue weighted by Gasteiger charge is -2.37. The Balaban J connectivity index is 2.21. The summed E-state index contributed by atoms with van der Waals surface area (Å²) in [5.41, 5.74) is -7.68. The molecule has 0 radical (unpaired) electrons. The average molecular weight is 501 g/mol. The van der Waals surface area contributed by atoms with Gasteiger partial charge in [-0.05, 0) is 48.7 Å². The molecule has 0 aromatic heterocycles. The third kappa shape index (κ3) is 4.01. The summed E-state index contributed by atoms with van der Waals surface area (Å²) in [6.07, 6.45) is -13.2. The second-order valence-electron chi connectivity index (χ2n) is 7.20. The molecule has 33 heavy (non-hydrogen) atoms. The minimum absolute atomic E-state index is 0.233. The van der Waals surface area contributed by atoms with Gasteiger partial charge in [0.15, 0.2) is 0 Å². The molecule has 0 amide bonds. The van der Waals surface area contributed by atoms with Crippen LogP contribution in [0.15, 0.2) is 47.4 Å². The molecule has 1 unspecified atom stereocenters. The highest BCUT2D eigenvalue weighted by Gasteiger charge is 2.71. The Hall–Kier alpha value is -2.87. The standard InChI is InChI=1S/C19H14F7NO5S/c20-12-3-5-13(6-4-12)33(31,32)27-14-8-2-11(9-10(14)1-7-15(27)16(28)29)17(30,18(21,22)23)19(24,25)26/h2-6,8-9,15,30H,1,7H2,(H,28,29). The quantitative estimate of drug-likeness (QED) is 0.623. The summed E-state index contributed by atoms with van der Waals surface area (Å²) in [4.78, 5) is 11.1. The summed E-state index contributed by atoms with van der Waals surface area (Å²) in [5, 5.41) is 19.1. The molecule has 2 aromatic rings. The lowest BCUT2D eigenvalue weighted by molar-refractivity contribution is -0.376. The molecule has 1 atom stereocenters. The average Bonchev–Trinajstić information content (AvgIpc) is 2.70. The first-order chi connectivity index (χ1) is 15.0. The number of halogens is 7. The highest BCUT2D eigenvalue weighted by Crippen LogP contribution is 2.51. The Morgan fingerprint density at radius 2 is 1.52 bits per heavy atom. The van der Waals surface area contributed by atoms with Gasteiger partial charge in [-0.15, -0.1) is 0 Å².